The Morgan fingerprint density at radius 1 is 1.30 bits per heavy atom. The van der Waals surface area contributed by atoms with Gasteiger partial charge in [0.05, 0.1) is 13.2 Å². The highest BCUT2D eigenvalue weighted by Gasteiger charge is 2.55. The molecule has 0 radical (unpaired) electrons. The fourth-order valence-electron chi connectivity index (χ4n) is 3.41. The summed E-state index contributed by atoms with van der Waals surface area (Å²) >= 11 is 2.46. The van der Waals surface area contributed by atoms with Crippen LogP contribution in [0, 0.1) is 0 Å². The molecular weight excluding hydrogens is 530 g/mol. The number of anilines is 1. The predicted octanol–water partition coefficient (Wildman–Crippen LogP) is 0.829. The molecule has 0 spiro atoms. The molecule has 1 aromatic heterocycles. The van der Waals surface area contributed by atoms with E-state index in [1.54, 1.807) is 19.2 Å². The van der Waals surface area contributed by atoms with Gasteiger partial charge in [0.15, 0.2) is 10.8 Å². The second kappa shape index (κ2) is 12.7. The molecule has 1 fully saturated rings. The van der Waals surface area contributed by atoms with Crippen LogP contribution in [0.5, 0.6) is 0 Å². The Hall–Kier alpha value is -3.37. The van der Waals surface area contributed by atoms with Gasteiger partial charge in [-0.15, -0.1) is 23.1 Å². The van der Waals surface area contributed by atoms with Crippen LogP contribution in [0.2, 0.25) is 0 Å². The summed E-state index contributed by atoms with van der Waals surface area (Å²) in [5.41, 5.74) is 6.21. The number of carbonyl (C=O) groups excluding carboxylic acids is 4. The number of ether oxygens (including phenoxy) is 4. The Morgan fingerprint density at radius 3 is 2.68 bits per heavy atom. The van der Waals surface area contributed by atoms with Crippen molar-refractivity contribution in [2.24, 2.45) is 5.16 Å². The van der Waals surface area contributed by atoms with Crippen molar-refractivity contribution in [3.63, 3.8) is 0 Å². The minimum atomic E-state index is -1.27. The number of hydrogen-bond acceptors (Lipinski definition) is 14. The maximum atomic E-state index is 13.1. The Labute approximate surface area is 220 Å². The molecule has 0 saturated carbocycles. The van der Waals surface area contributed by atoms with Crippen LogP contribution >= 0.6 is 23.1 Å². The van der Waals surface area contributed by atoms with Gasteiger partial charge in [0.1, 0.15) is 29.4 Å². The van der Waals surface area contributed by atoms with Crippen LogP contribution in [-0.4, -0.2) is 89.9 Å². The highest BCUT2D eigenvalue weighted by Crippen LogP contribution is 2.41. The molecule has 0 bridgehead atoms. The Kier molecular flexibility index (Phi) is 9.71. The van der Waals surface area contributed by atoms with Crippen LogP contribution in [0.3, 0.4) is 0 Å². The molecule has 0 aliphatic carbocycles. The number of esters is 1. The molecule has 37 heavy (non-hydrogen) atoms. The smallest absolute Gasteiger partial charge is 0.435 e. The van der Waals surface area contributed by atoms with Gasteiger partial charge in [-0.25, -0.2) is 14.6 Å². The topological polar surface area (TPSA) is 181 Å². The number of hydrogen-bond donors (Lipinski definition) is 2. The summed E-state index contributed by atoms with van der Waals surface area (Å²) in [5.74, 6) is -1.79. The molecule has 3 atom stereocenters. The average molecular weight is 558 g/mol. The van der Waals surface area contributed by atoms with Crippen molar-refractivity contribution >= 4 is 57.9 Å². The standard InChI is InChI=1S/C21H27N5O9S2/c1-5-32-21(30)35-10(3)34-19(29)15-11(7-31-4)8-36-18-14(17(28)26(15)18)24-16(27)13(25-33-6-2)12-9-37-20(22)23-12/h9-10,14,18H,5-8H2,1-4H3,(H2,22,23)(H,24,27)/t10?,14?,18-/m1/s1. The number of nitrogens with zero attached hydrogens (tertiary/aromatic N) is 3. The number of thioether (sulfide) groups is 1. The molecule has 202 valence electrons. The van der Waals surface area contributed by atoms with E-state index in [2.05, 4.69) is 20.2 Å². The fourth-order valence-corrected chi connectivity index (χ4v) is 5.29. The van der Waals surface area contributed by atoms with Crippen molar-refractivity contribution in [2.75, 3.05) is 38.4 Å². The van der Waals surface area contributed by atoms with E-state index in [0.29, 0.717) is 11.3 Å². The molecule has 0 aromatic carbocycles. The number of fused-ring (bicyclic) bond motifs is 1. The monoisotopic (exact) mass is 557 g/mol. The van der Waals surface area contributed by atoms with Crippen molar-refractivity contribution in [2.45, 2.75) is 38.5 Å². The lowest BCUT2D eigenvalue weighted by atomic mass is 10.0. The van der Waals surface area contributed by atoms with Crippen LogP contribution < -0.4 is 11.1 Å². The number of aromatic nitrogens is 1. The number of amides is 2. The Morgan fingerprint density at radius 2 is 2.05 bits per heavy atom. The third-order valence-corrected chi connectivity index (χ3v) is 6.92. The molecule has 3 heterocycles. The van der Waals surface area contributed by atoms with E-state index in [0.717, 1.165) is 11.3 Å². The number of rotatable bonds is 11. The summed E-state index contributed by atoms with van der Waals surface area (Å²) in [7, 11) is 1.45. The highest BCUT2D eigenvalue weighted by atomic mass is 32.2. The molecule has 2 aliphatic rings. The number of methoxy groups -OCH3 is 1. The molecule has 1 saturated heterocycles. The number of carbonyl (C=O) groups is 4. The number of nitrogens with two attached hydrogens (primary N) is 1. The van der Waals surface area contributed by atoms with Gasteiger partial charge in [-0.3, -0.25) is 14.5 Å². The van der Waals surface area contributed by atoms with Gasteiger partial charge in [-0.2, -0.15) is 0 Å². The third kappa shape index (κ3) is 6.50. The molecule has 3 rings (SSSR count). The van der Waals surface area contributed by atoms with E-state index >= 15 is 0 Å². The van der Waals surface area contributed by atoms with Crippen LogP contribution in [0.1, 0.15) is 26.5 Å². The zero-order valence-electron chi connectivity index (χ0n) is 20.5. The fraction of sp³-hybridized carbons (Fsp3) is 0.524. The van der Waals surface area contributed by atoms with Crippen LogP contribution in [0.4, 0.5) is 9.93 Å². The first-order valence-electron chi connectivity index (χ1n) is 11.1. The number of thiazole rings is 1. The van der Waals surface area contributed by atoms with Crippen LogP contribution in [-0.2, 0) is 38.2 Å². The first kappa shape index (κ1) is 28.2. The summed E-state index contributed by atoms with van der Waals surface area (Å²) in [5, 5.41) is 7.65. The van der Waals surface area contributed by atoms with Gasteiger partial charge in [0, 0.05) is 25.2 Å². The Balaban J connectivity index is 1.75. The van der Waals surface area contributed by atoms with Gasteiger partial charge in [0.2, 0.25) is 6.29 Å². The first-order chi connectivity index (χ1) is 17.7. The molecule has 14 nitrogen and oxygen atoms in total. The van der Waals surface area contributed by atoms with Crippen molar-refractivity contribution < 1.29 is 43.0 Å². The van der Waals surface area contributed by atoms with Crippen molar-refractivity contribution in [3.05, 3.63) is 22.3 Å². The summed E-state index contributed by atoms with van der Waals surface area (Å²) in [6.45, 7) is 5.00. The van der Waals surface area contributed by atoms with Crippen molar-refractivity contribution in [1.29, 1.82) is 0 Å². The molecule has 3 N–H and O–H groups in total. The van der Waals surface area contributed by atoms with Gasteiger partial charge in [-0.05, 0) is 19.4 Å². The molecule has 2 unspecified atom stereocenters. The second-order valence-corrected chi connectivity index (χ2v) is 9.44. The van der Waals surface area contributed by atoms with Gasteiger partial charge in [0.25, 0.3) is 11.8 Å². The molecule has 2 amide bonds. The van der Waals surface area contributed by atoms with Crippen molar-refractivity contribution in [3.8, 4) is 0 Å². The van der Waals surface area contributed by atoms with E-state index in [1.807, 2.05) is 0 Å². The Bertz CT molecular complexity index is 1110. The van der Waals surface area contributed by atoms with Crippen LogP contribution in [0.25, 0.3) is 0 Å². The minimum absolute atomic E-state index is 0.0316. The highest BCUT2D eigenvalue weighted by molar-refractivity contribution is 8.00. The van der Waals surface area contributed by atoms with E-state index < -0.39 is 41.6 Å². The SMILES string of the molecule is CCON=C(C(=O)NC1C(=O)N2C(C(=O)OC(C)OC(=O)OCC)=C(COC)CS[C@H]12)c1csc(N)n1. The second-order valence-electron chi connectivity index (χ2n) is 7.45. The zero-order valence-corrected chi connectivity index (χ0v) is 22.2. The van der Waals surface area contributed by atoms with E-state index in [4.69, 9.17) is 24.8 Å². The first-order valence-corrected chi connectivity index (χ1v) is 13.1. The number of nitrogens with one attached hydrogen (secondary N) is 1. The van der Waals surface area contributed by atoms with Crippen molar-refractivity contribution in [1.82, 2.24) is 15.2 Å². The lowest BCUT2D eigenvalue weighted by Gasteiger charge is -2.49. The summed E-state index contributed by atoms with van der Waals surface area (Å²) in [6.07, 6.45) is -2.27. The number of β-lactam (4-membered cyclic amide) rings is 1. The third-order valence-electron chi connectivity index (χ3n) is 4.91. The molecule has 2 aliphatic heterocycles. The van der Waals surface area contributed by atoms with Crippen LogP contribution in [0.15, 0.2) is 21.8 Å². The lowest BCUT2D eigenvalue weighted by molar-refractivity contribution is -0.169. The normalized spacial score (nSPS) is 19.9. The summed E-state index contributed by atoms with van der Waals surface area (Å²) in [6, 6.07) is -0.958. The molecule has 1 aromatic rings. The summed E-state index contributed by atoms with van der Waals surface area (Å²) < 4.78 is 19.9. The summed E-state index contributed by atoms with van der Waals surface area (Å²) in [4.78, 5) is 61.0. The largest absolute Gasteiger partial charge is 0.511 e. The van der Waals surface area contributed by atoms with Gasteiger partial charge < -0.3 is 34.8 Å². The number of nitrogen functional groups attached to an aromatic ring is 1. The quantitative estimate of drug-likeness (QED) is 0.129. The predicted molar refractivity (Wildman–Crippen MR) is 132 cm³/mol. The van der Waals surface area contributed by atoms with E-state index in [1.165, 1.54) is 30.7 Å². The lowest BCUT2D eigenvalue weighted by Crippen LogP contribution is -2.71. The van der Waals surface area contributed by atoms with Gasteiger partial charge in [-0.1, -0.05) is 5.16 Å². The maximum absolute atomic E-state index is 13.1. The zero-order chi connectivity index (χ0) is 27.1. The van der Waals surface area contributed by atoms with Gasteiger partial charge >= 0.3 is 12.1 Å². The minimum Gasteiger partial charge on any atom is -0.435 e. The number of oxime groups is 1. The molecular formula is C21H27N5O9S2. The maximum Gasteiger partial charge on any atom is 0.511 e. The average Bonchev–Trinajstić information content (AvgIpc) is 3.28. The molecule has 16 heteroatoms. The van der Waals surface area contributed by atoms with E-state index in [-0.39, 0.29) is 42.1 Å². The van der Waals surface area contributed by atoms with E-state index in [9.17, 15) is 19.2 Å².